The van der Waals surface area contributed by atoms with Gasteiger partial charge in [-0.15, -0.1) is 0 Å². The maximum Gasteiger partial charge on any atom is 0.255 e. The second-order valence-corrected chi connectivity index (χ2v) is 9.67. The Balaban J connectivity index is 2.17. The number of carbonyl (C=O) groups is 2. The highest BCUT2D eigenvalue weighted by molar-refractivity contribution is 7.89. The molecule has 0 saturated carbocycles. The van der Waals surface area contributed by atoms with E-state index in [1.54, 1.807) is 30.9 Å². The number of sulfonamides is 1. The van der Waals surface area contributed by atoms with E-state index in [-0.39, 0.29) is 21.9 Å². The van der Waals surface area contributed by atoms with Crippen LogP contribution in [0, 0.1) is 0 Å². The van der Waals surface area contributed by atoms with E-state index < -0.39 is 15.9 Å². The zero-order chi connectivity index (χ0) is 23.3. The molecule has 0 unspecified atom stereocenters. The number of hydrogen-bond acceptors (Lipinski definition) is 4. The third kappa shape index (κ3) is 5.64. The molecule has 0 bridgehead atoms. The molecule has 2 aromatic carbocycles. The fourth-order valence-corrected chi connectivity index (χ4v) is 4.50. The van der Waals surface area contributed by atoms with Crippen LogP contribution in [0.15, 0.2) is 47.4 Å². The van der Waals surface area contributed by atoms with Gasteiger partial charge in [0.2, 0.25) is 10.0 Å². The van der Waals surface area contributed by atoms with Gasteiger partial charge in [0.25, 0.3) is 11.8 Å². The summed E-state index contributed by atoms with van der Waals surface area (Å²) < 4.78 is 26.4. The van der Waals surface area contributed by atoms with Gasteiger partial charge < -0.3 is 10.2 Å². The van der Waals surface area contributed by atoms with Crippen LogP contribution in [0.4, 0.5) is 5.69 Å². The van der Waals surface area contributed by atoms with Crippen molar-refractivity contribution in [3.63, 3.8) is 0 Å². The Labute approximate surface area is 189 Å². The summed E-state index contributed by atoms with van der Waals surface area (Å²) in [4.78, 5) is 26.8. The third-order valence-corrected chi connectivity index (χ3v) is 7.39. The van der Waals surface area contributed by atoms with Crippen molar-refractivity contribution in [1.29, 1.82) is 0 Å². The normalized spacial score (nSPS) is 11.6. The van der Waals surface area contributed by atoms with Gasteiger partial charge >= 0.3 is 0 Å². The Morgan fingerprint density at radius 1 is 1.03 bits per heavy atom. The number of carbonyl (C=O) groups excluding carboxylic acids is 2. The maximum absolute atomic E-state index is 12.6. The van der Waals surface area contributed by atoms with E-state index in [9.17, 15) is 18.0 Å². The van der Waals surface area contributed by atoms with Crippen LogP contribution in [0.25, 0.3) is 0 Å². The van der Waals surface area contributed by atoms with Gasteiger partial charge in [0.05, 0.1) is 15.5 Å². The second-order valence-electron chi connectivity index (χ2n) is 7.27. The van der Waals surface area contributed by atoms with Crippen molar-refractivity contribution in [3.8, 4) is 0 Å². The molecule has 1 N–H and O–H groups in total. The lowest BCUT2D eigenvalue weighted by molar-refractivity contribution is 0.0773. The molecule has 31 heavy (non-hydrogen) atoms. The maximum atomic E-state index is 12.6. The Morgan fingerprint density at radius 2 is 1.61 bits per heavy atom. The molecule has 0 heterocycles. The third-order valence-electron chi connectivity index (χ3n) is 5.03. The standard InChI is InChI=1S/C22H28ClN3O4S/c1-6-26(7-2)22(28)19-13-10-17(14-20(19)23)24-21(27)16-8-11-18(12-9-16)31(29,30)25(5)15(3)4/h8-15H,6-7H2,1-5H3,(H,24,27). The van der Waals surface area contributed by atoms with Crippen LogP contribution in [0.1, 0.15) is 48.4 Å². The molecule has 0 saturated heterocycles. The molecule has 0 fully saturated rings. The molecular formula is C22H28ClN3O4S. The van der Waals surface area contributed by atoms with Crippen molar-refractivity contribution in [3.05, 3.63) is 58.6 Å². The minimum absolute atomic E-state index is 0.113. The van der Waals surface area contributed by atoms with Gasteiger partial charge in [-0.1, -0.05) is 11.6 Å². The topological polar surface area (TPSA) is 86.8 Å². The summed E-state index contributed by atoms with van der Waals surface area (Å²) in [6.45, 7) is 8.49. The molecule has 0 aliphatic rings. The minimum atomic E-state index is -3.62. The summed E-state index contributed by atoms with van der Waals surface area (Å²) in [5.41, 5.74) is 1.10. The first-order valence-electron chi connectivity index (χ1n) is 10.0. The second kappa shape index (κ2) is 10.3. The van der Waals surface area contributed by atoms with Crippen molar-refractivity contribution in [2.75, 3.05) is 25.5 Å². The van der Waals surface area contributed by atoms with Crippen LogP contribution in [0.5, 0.6) is 0 Å². The fraction of sp³-hybridized carbons (Fsp3) is 0.364. The van der Waals surface area contributed by atoms with Crippen molar-refractivity contribution in [1.82, 2.24) is 9.21 Å². The highest BCUT2D eigenvalue weighted by Gasteiger charge is 2.23. The molecule has 168 valence electrons. The molecule has 2 aromatic rings. The molecular weight excluding hydrogens is 438 g/mol. The van der Waals surface area contributed by atoms with Crippen molar-refractivity contribution in [2.45, 2.75) is 38.6 Å². The molecule has 2 amide bonds. The van der Waals surface area contributed by atoms with Gasteiger partial charge in [0.1, 0.15) is 0 Å². The summed E-state index contributed by atoms with van der Waals surface area (Å²) in [6, 6.07) is 10.2. The zero-order valence-corrected chi connectivity index (χ0v) is 19.9. The van der Waals surface area contributed by atoms with E-state index in [0.29, 0.717) is 29.9 Å². The molecule has 0 aromatic heterocycles. The van der Waals surface area contributed by atoms with Gasteiger partial charge in [-0.05, 0) is 70.2 Å². The monoisotopic (exact) mass is 465 g/mol. The molecule has 0 spiro atoms. The molecule has 2 rings (SSSR count). The minimum Gasteiger partial charge on any atom is -0.339 e. The average Bonchev–Trinajstić information content (AvgIpc) is 2.74. The van der Waals surface area contributed by atoms with E-state index in [1.807, 2.05) is 13.8 Å². The number of nitrogens with zero attached hydrogens (tertiary/aromatic N) is 2. The summed E-state index contributed by atoms with van der Waals surface area (Å²) in [6.07, 6.45) is 0. The van der Waals surface area contributed by atoms with Crippen molar-refractivity contribution in [2.24, 2.45) is 0 Å². The first kappa shape index (κ1) is 24.8. The fourth-order valence-electron chi connectivity index (χ4n) is 2.87. The van der Waals surface area contributed by atoms with Crippen LogP contribution in [0.3, 0.4) is 0 Å². The summed E-state index contributed by atoms with van der Waals surface area (Å²) in [5, 5.41) is 2.96. The molecule has 0 aliphatic carbocycles. The number of amides is 2. The van der Waals surface area contributed by atoms with E-state index in [1.165, 1.54) is 41.7 Å². The highest BCUT2D eigenvalue weighted by atomic mass is 35.5. The van der Waals surface area contributed by atoms with Gasteiger partial charge in [0, 0.05) is 37.4 Å². The number of halogens is 1. The average molecular weight is 466 g/mol. The lowest BCUT2D eigenvalue weighted by Gasteiger charge is -2.21. The first-order valence-corrected chi connectivity index (χ1v) is 11.8. The van der Waals surface area contributed by atoms with Crippen LogP contribution in [0.2, 0.25) is 5.02 Å². The number of hydrogen-bond donors (Lipinski definition) is 1. The van der Waals surface area contributed by atoms with Gasteiger partial charge in [-0.2, -0.15) is 4.31 Å². The van der Waals surface area contributed by atoms with Gasteiger partial charge in [-0.3, -0.25) is 9.59 Å². The quantitative estimate of drug-likeness (QED) is 0.635. The van der Waals surface area contributed by atoms with Gasteiger partial charge in [0.15, 0.2) is 0 Å². The zero-order valence-electron chi connectivity index (χ0n) is 18.3. The molecule has 0 radical (unpaired) electrons. The van der Waals surface area contributed by atoms with E-state index in [4.69, 9.17) is 11.6 Å². The number of rotatable bonds is 8. The first-order chi connectivity index (χ1) is 14.5. The smallest absolute Gasteiger partial charge is 0.255 e. The van der Waals surface area contributed by atoms with E-state index in [2.05, 4.69) is 5.32 Å². The van der Waals surface area contributed by atoms with Crippen molar-refractivity contribution < 1.29 is 18.0 Å². The van der Waals surface area contributed by atoms with Crippen LogP contribution in [-0.4, -0.2) is 55.6 Å². The predicted octanol–water partition coefficient (Wildman–Crippen LogP) is 4.10. The summed E-state index contributed by atoms with van der Waals surface area (Å²) >= 11 is 6.27. The lowest BCUT2D eigenvalue weighted by Crippen LogP contribution is -2.33. The Hall–Kier alpha value is -2.42. The Bertz CT molecular complexity index is 1050. The summed E-state index contributed by atoms with van der Waals surface area (Å²) in [7, 11) is -2.11. The van der Waals surface area contributed by atoms with Gasteiger partial charge in [-0.25, -0.2) is 8.42 Å². The predicted molar refractivity (Wildman–Crippen MR) is 123 cm³/mol. The Kier molecular flexibility index (Phi) is 8.22. The van der Waals surface area contributed by atoms with Crippen LogP contribution < -0.4 is 5.32 Å². The highest BCUT2D eigenvalue weighted by Crippen LogP contribution is 2.23. The number of anilines is 1. The van der Waals surface area contributed by atoms with E-state index >= 15 is 0 Å². The number of benzene rings is 2. The Morgan fingerprint density at radius 3 is 2.10 bits per heavy atom. The lowest BCUT2D eigenvalue weighted by atomic mass is 10.1. The van der Waals surface area contributed by atoms with Crippen molar-refractivity contribution >= 4 is 39.1 Å². The number of nitrogens with one attached hydrogen (secondary N) is 1. The van der Waals surface area contributed by atoms with Crippen LogP contribution in [-0.2, 0) is 10.0 Å². The summed E-state index contributed by atoms with van der Waals surface area (Å²) in [5.74, 6) is -0.587. The molecule has 7 nitrogen and oxygen atoms in total. The molecule has 9 heteroatoms. The van der Waals surface area contributed by atoms with Crippen LogP contribution >= 0.6 is 11.6 Å². The largest absolute Gasteiger partial charge is 0.339 e. The SMILES string of the molecule is CCN(CC)C(=O)c1ccc(NC(=O)c2ccc(S(=O)(=O)N(C)C(C)C)cc2)cc1Cl. The molecule has 0 atom stereocenters. The molecule has 0 aliphatic heterocycles. The van der Waals surface area contributed by atoms with E-state index in [0.717, 1.165) is 0 Å².